The molecule has 0 aromatic heterocycles. The molecule has 1 saturated carbocycles. The van der Waals surface area contributed by atoms with E-state index in [0.717, 1.165) is 6.54 Å². The molecule has 2 heteroatoms. The van der Waals surface area contributed by atoms with Crippen LogP contribution in [0.3, 0.4) is 0 Å². The van der Waals surface area contributed by atoms with E-state index < -0.39 is 0 Å². The van der Waals surface area contributed by atoms with Crippen molar-refractivity contribution in [2.45, 2.75) is 11.8 Å². The van der Waals surface area contributed by atoms with Crippen LogP contribution in [0, 0.1) is 5.92 Å². The van der Waals surface area contributed by atoms with Crippen molar-refractivity contribution >= 4 is 15.9 Å². The van der Waals surface area contributed by atoms with E-state index in [1.165, 1.54) is 22.0 Å². The van der Waals surface area contributed by atoms with Gasteiger partial charge in [-0.15, -0.1) is 0 Å². The second-order valence-corrected chi connectivity index (χ2v) is 6.83. The Morgan fingerprint density at radius 3 is 2.35 bits per heavy atom. The van der Waals surface area contributed by atoms with Crippen LogP contribution in [-0.2, 0) is 5.41 Å². The largest absolute Gasteiger partial charge is 0.309 e. The van der Waals surface area contributed by atoms with Gasteiger partial charge >= 0.3 is 0 Å². The highest BCUT2D eigenvalue weighted by atomic mass is 79.9. The predicted molar refractivity (Wildman–Crippen MR) is 88.0 cm³/mol. The summed E-state index contributed by atoms with van der Waals surface area (Å²) in [6.07, 6.45) is 1.23. The Morgan fingerprint density at radius 2 is 1.70 bits per heavy atom. The molecule has 2 aromatic carbocycles. The van der Waals surface area contributed by atoms with Crippen LogP contribution in [0.5, 0.6) is 0 Å². The maximum absolute atomic E-state index is 3.75. The summed E-state index contributed by atoms with van der Waals surface area (Å²) in [5.74, 6) is 0.693. The predicted octanol–water partition coefficient (Wildman–Crippen LogP) is 4.32. The lowest BCUT2D eigenvalue weighted by Crippen LogP contribution is -2.21. The lowest BCUT2D eigenvalue weighted by atomic mass is 9.85. The molecule has 0 amide bonds. The number of benzene rings is 2. The minimum absolute atomic E-state index is 0.186. The summed E-state index contributed by atoms with van der Waals surface area (Å²) < 4.78 is 1.23. The fourth-order valence-electron chi connectivity index (χ4n) is 3.39. The monoisotopic (exact) mass is 329 g/mol. The van der Waals surface area contributed by atoms with E-state index in [0.29, 0.717) is 5.92 Å². The van der Waals surface area contributed by atoms with Crippen LogP contribution in [0.4, 0.5) is 0 Å². The average molecular weight is 330 g/mol. The van der Waals surface area contributed by atoms with Crippen LogP contribution in [0.15, 0.2) is 59.1 Å². The van der Waals surface area contributed by atoms with Crippen molar-refractivity contribution in [3.8, 4) is 0 Å². The molecule has 0 spiro atoms. The SMILES string of the molecule is CN(C)CC1CC1(c1ccccc1)c1ccccc1Br. The summed E-state index contributed by atoms with van der Waals surface area (Å²) in [7, 11) is 4.32. The summed E-state index contributed by atoms with van der Waals surface area (Å²) in [6, 6.07) is 19.6. The molecule has 1 aliphatic rings. The van der Waals surface area contributed by atoms with Gasteiger partial charge in [-0.25, -0.2) is 0 Å². The molecule has 2 unspecified atom stereocenters. The number of hydrogen-bond acceptors (Lipinski definition) is 1. The summed E-state index contributed by atoms with van der Waals surface area (Å²) in [4.78, 5) is 2.30. The Bertz CT molecular complexity index is 593. The fraction of sp³-hybridized carbons (Fsp3) is 0.333. The highest BCUT2D eigenvalue weighted by molar-refractivity contribution is 9.10. The number of halogens is 1. The van der Waals surface area contributed by atoms with Crippen LogP contribution in [0.25, 0.3) is 0 Å². The second kappa shape index (κ2) is 5.34. The van der Waals surface area contributed by atoms with E-state index in [2.05, 4.69) is 89.5 Å². The topological polar surface area (TPSA) is 3.24 Å². The third kappa shape index (κ3) is 2.32. The molecule has 0 saturated heterocycles. The first kappa shape index (κ1) is 13.8. The Balaban J connectivity index is 2.05. The van der Waals surface area contributed by atoms with Crippen molar-refractivity contribution < 1.29 is 0 Å². The molecule has 3 rings (SSSR count). The number of nitrogens with zero attached hydrogens (tertiary/aromatic N) is 1. The Labute approximate surface area is 129 Å². The van der Waals surface area contributed by atoms with Gasteiger partial charge in [-0.3, -0.25) is 0 Å². The third-order valence-electron chi connectivity index (χ3n) is 4.33. The molecule has 104 valence electrons. The minimum atomic E-state index is 0.186. The van der Waals surface area contributed by atoms with Gasteiger partial charge in [-0.1, -0.05) is 64.5 Å². The van der Waals surface area contributed by atoms with Gasteiger partial charge in [-0.05, 0) is 43.6 Å². The first-order valence-electron chi connectivity index (χ1n) is 7.10. The smallest absolute Gasteiger partial charge is 0.0258 e. The van der Waals surface area contributed by atoms with Crippen molar-refractivity contribution in [2.75, 3.05) is 20.6 Å². The molecule has 1 fully saturated rings. The van der Waals surface area contributed by atoms with Crippen molar-refractivity contribution in [3.05, 3.63) is 70.2 Å². The molecule has 0 aliphatic heterocycles. The zero-order valence-electron chi connectivity index (χ0n) is 12.0. The maximum Gasteiger partial charge on any atom is 0.0258 e. The highest BCUT2D eigenvalue weighted by Crippen LogP contribution is 2.60. The van der Waals surface area contributed by atoms with E-state index in [1.807, 2.05) is 0 Å². The fourth-order valence-corrected chi connectivity index (χ4v) is 4.03. The molecule has 2 atom stereocenters. The zero-order chi connectivity index (χ0) is 14.2. The molecule has 0 N–H and O–H groups in total. The molecular weight excluding hydrogens is 310 g/mol. The van der Waals surface area contributed by atoms with Gasteiger partial charge in [0.15, 0.2) is 0 Å². The van der Waals surface area contributed by atoms with Gasteiger partial charge in [-0.2, -0.15) is 0 Å². The molecule has 1 aliphatic carbocycles. The molecule has 0 radical (unpaired) electrons. The standard InChI is InChI=1S/C18H20BrN/c1-20(2)13-15-12-18(15,14-8-4-3-5-9-14)16-10-6-7-11-17(16)19/h3-11,15H,12-13H2,1-2H3. The van der Waals surface area contributed by atoms with E-state index in [9.17, 15) is 0 Å². The van der Waals surface area contributed by atoms with Crippen molar-refractivity contribution in [2.24, 2.45) is 5.92 Å². The molecule has 0 bridgehead atoms. The quantitative estimate of drug-likeness (QED) is 0.807. The lowest BCUT2D eigenvalue weighted by molar-refractivity contribution is 0.376. The molecule has 2 aromatic rings. The van der Waals surface area contributed by atoms with Crippen molar-refractivity contribution in [1.82, 2.24) is 4.90 Å². The zero-order valence-corrected chi connectivity index (χ0v) is 13.6. The van der Waals surface area contributed by atoms with Crippen LogP contribution < -0.4 is 0 Å². The Kier molecular flexibility index (Phi) is 3.70. The van der Waals surface area contributed by atoms with Gasteiger partial charge in [0.25, 0.3) is 0 Å². The van der Waals surface area contributed by atoms with Crippen molar-refractivity contribution in [1.29, 1.82) is 0 Å². The van der Waals surface area contributed by atoms with Crippen LogP contribution in [-0.4, -0.2) is 25.5 Å². The van der Waals surface area contributed by atoms with E-state index >= 15 is 0 Å². The average Bonchev–Trinajstić information content (AvgIpc) is 3.14. The van der Waals surface area contributed by atoms with E-state index in [4.69, 9.17) is 0 Å². The summed E-state index contributed by atoms with van der Waals surface area (Å²) in [5, 5.41) is 0. The van der Waals surface area contributed by atoms with Gasteiger partial charge in [0.05, 0.1) is 0 Å². The highest BCUT2D eigenvalue weighted by Gasteiger charge is 2.56. The van der Waals surface area contributed by atoms with Crippen molar-refractivity contribution in [3.63, 3.8) is 0 Å². The van der Waals surface area contributed by atoms with Gasteiger partial charge in [0, 0.05) is 16.4 Å². The third-order valence-corrected chi connectivity index (χ3v) is 5.03. The maximum atomic E-state index is 3.75. The van der Waals surface area contributed by atoms with Crippen LogP contribution in [0.1, 0.15) is 17.5 Å². The number of rotatable bonds is 4. The van der Waals surface area contributed by atoms with Gasteiger partial charge < -0.3 is 4.90 Å². The van der Waals surface area contributed by atoms with E-state index in [-0.39, 0.29) is 5.41 Å². The normalized spacial score (nSPS) is 24.9. The minimum Gasteiger partial charge on any atom is -0.309 e. The Hall–Kier alpha value is -1.12. The van der Waals surface area contributed by atoms with Gasteiger partial charge in [0.2, 0.25) is 0 Å². The number of hydrogen-bond donors (Lipinski definition) is 0. The first-order valence-corrected chi connectivity index (χ1v) is 7.89. The van der Waals surface area contributed by atoms with Crippen LogP contribution in [0.2, 0.25) is 0 Å². The summed E-state index contributed by atoms with van der Waals surface area (Å²) >= 11 is 3.75. The molecule has 0 heterocycles. The summed E-state index contributed by atoms with van der Waals surface area (Å²) in [5.41, 5.74) is 3.06. The van der Waals surface area contributed by atoms with E-state index in [1.54, 1.807) is 0 Å². The van der Waals surface area contributed by atoms with Gasteiger partial charge in [0.1, 0.15) is 0 Å². The first-order chi connectivity index (χ1) is 9.64. The molecule has 20 heavy (non-hydrogen) atoms. The lowest BCUT2D eigenvalue weighted by Gasteiger charge is -2.22. The molecular formula is C18H20BrN. The second-order valence-electron chi connectivity index (χ2n) is 5.98. The summed E-state index contributed by atoms with van der Waals surface area (Å²) in [6.45, 7) is 1.14. The molecule has 1 nitrogen and oxygen atoms in total. The van der Waals surface area contributed by atoms with Crippen LogP contribution >= 0.6 is 15.9 Å². The Morgan fingerprint density at radius 1 is 1.05 bits per heavy atom.